The van der Waals surface area contributed by atoms with E-state index in [0.717, 1.165) is 37.1 Å². The Hall–Kier alpha value is -1.20. The molecule has 0 radical (unpaired) electrons. The van der Waals surface area contributed by atoms with Crippen LogP contribution in [-0.4, -0.2) is 35.8 Å². The van der Waals surface area contributed by atoms with E-state index in [4.69, 9.17) is 10.5 Å². The molecule has 1 atom stereocenters. The van der Waals surface area contributed by atoms with Gasteiger partial charge in [0.2, 0.25) is 5.95 Å². The van der Waals surface area contributed by atoms with Crippen molar-refractivity contribution >= 4 is 5.95 Å². The smallest absolute Gasteiger partial charge is 0.226 e. The quantitative estimate of drug-likeness (QED) is 0.788. The number of nitrogens with two attached hydrogens (primary N) is 1. The first-order chi connectivity index (χ1) is 7.70. The van der Waals surface area contributed by atoms with Crippen LogP contribution in [-0.2, 0) is 11.3 Å². The molecule has 1 aliphatic rings. The molecule has 5 nitrogen and oxygen atoms in total. The number of aryl methyl sites for hydroxylation is 1. The van der Waals surface area contributed by atoms with Gasteiger partial charge in [-0.05, 0) is 19.9 Å². The molecule has 2 rings (SSSR count). The third-order valence-electron chi connectivity index (χ3n) is 2.73. The highest BCUT2D eigenvalue weighted by atomic mass is 16.5. The Morgan fingerprint density at radius 3 is 3.06 bits per heavy atom. The van der Waals surface area contributed by atoms with Gasteiger partial charge >= 0.3 is 0 Å². The van der Waals surface area contributed by atoms with Gasteiger partial charge in [0.25, 0.3) is 0 Å². The standard InChI is InChI=1S/C11H18N4O/c1-8-5-10(6-12)14-11(13-8)15-3-4-16-7-9(15)2/h5,9H,3-4,6-7,12H2,1-2H3. The van der Waals surface area contributed by atoms with Crippen LogP contribution in [0, 0.1) is 6.92 Å². The van der Waals surface area contributed by atoms with Gasteiger partial charge < -0.3 is 15.4 Å². The maximum absolute atomic E-state index is 5.62. The number of nitrogens with zero attached hydrogens (tertiary/aromatic N) is 3. The highest BCUT2D eigenvalue weighted by molar-refractivity contribution is 5.34. The maximum Gasteiger partial charge on any atom is 0.226 e. The Labute approximate surface area is 95.6 Å². The molecule has 1 aromatic rings. The van der Waals surface area contributed by atoms with E-state index < -0.39 is 0 Å². The molecule has 1 aliphatic heterocycles. The number of hydrogen-bond donors (Lipinski definition) is 1. The molecule has 1 saturated heterocycles. The molecule has 0 bridgehead atoms. The first kappa shape index (κ1) is 11.3. The first-order valence-corrected chi connectivity index (χ1v) is 5.59. The fourth-order valence-electron chi connectivity index (χ4n) is 1.87. The summed E-state index contributed by atoms with van der Waals surface area (Å²) >= 11 is 0. The van der Waals surface area contributed by atoms with Crippen molar-refractivity contribution < 1.29 is 4.74 Å². The normalized spacial score (nSPS) is 21.2. The summed E-state index contributed by atoms with van der Waals surface area (Å²) in [5.41, 5.74) is 7.47. The summed E-state index contributed by atoms with van der Waals surface area (Å²) in [6.45, 7) is 6.85. The first-order valence-electron chi connectivity index (χ1n) is 5.59. The van der Waals surface area contributed by atoms with E-state index in [-0.39, 0.29) is 0 Å². The van der Waals surface area contributed by atoms with Crippen LogP contribution in [0.15, 0.2) is 6.07 Å². The van der Waals surface area contributed by atoms with Crippen molar-refractivity contribution in [1.82, 2.24) is 9.97 Å². The van der Waals surface area contributed by atoms with Gasteiger partial charge in [0, 0.05) is 18.8 Å². The Balaban J connectivity index is 2.27. The molecule has 88 valence electrons. The van der Waals surface area contributed by atoms with Crippen molar-refractivity contribution in [3.63, 3.8) is 0 Å². The van der Waals surface area contributed by atoms with Gasteiger partial charge in [0.05, 0.1) is 24.9 Å². The average Bonchev–Trinajstić information content (AvgIpc) is 2.28. The van der Waals surface area contributed by atoms with Crippen molar-refractivity contribution in [2.24, 2.45) is 5.73 Å². The topological polar surface area (TPSA) is 64.3 Å². The fraction of sp³-hybridized carbons (Fsp3) is 0.636. The van der Waals surface area contributed by atoms with Crippen molar-refractivity contribution in [3.05, 3.63) is 17.5 Å². The number of rotatable bonds is 2. The van der Waals surface area contributed by atoms with Gasteiger partial charge in [-0.2, -0.15) is 0 Å². The monoisotopic (exact) mass is 222 g/mol. The molecular formula is C11H18N4O. The lowest BCUT2D eigenvalue weighted by Crippen LogP contribution is -2.44. The molecule has 0 aliphatic carbocycles. The fourth-order valence-corrected chi connectivity index (χ4v) is 1.87. The molecule has 16 heavy (non-hydrogen) atoms. The summed E-state index contributed by atoms with van der Waals surface area (Å²) in [6, 6.07) is 2.25. The van der Waals surface area contributed by atoms with Gasteiger partial charge in [-0.15, -0.1) is 0 Å². The lowest BCUT2D eigenvalue weighted by molar-refractivity contribution is 0.0980. The van der Waals surface area contributed by atoms with Crippen LogP contribution in [0.1, 0.15) is 18.3 Å². The Morgan fingerprint density at radius 2 is 2.38 bits per heavy atom. The molecule has 5 heteroatoms. The van der Waals surface area contributed by atoms with Crippen molar-refractivity contribution in [3.8, 4) is 0 Å². The maximum atomic E-state index is 5.62. The lowest BCUT2D eigenvalue weighted by Gasteiger charge is -2.33. The molecule has 0 saturated carbocycles. The van der Waals surface area contributed by atoms with E-state index in [9.17, 15) is 0 Å². The Bertz CT molecular complexity index is 369. The van der Waals surface area contributed by atoms with Crippen LogP contribution in [0.3, 0.4) is 0 Å². The summed E-state index contributed by atoms with van der Waals surface area (Å²) in [4.78, 5) is 11.1. The second kappa shape index (κ2) is 4.76. The predicted molar refractivity (Wildman–Crippen MR) is 62.3 cm³/mol. The van der Waals surface area contributed by atoms with Gasteiger partial charge in [-0.25, -0.2) is 9.97 Å². The van der Waals surface area contributed by atoms with E-state index >= 15 is 0 Å². The summed E-state index contributed by atoms with van der Waals surface area (Å²) in [6.07, 6.45) is 0. The molecular weight excluding hydrogens is 204 g/mol. The third-order valence-corrected chi connectivity index (χ3v) is 2.73. The van der Waals surface area contributed by atoms with Crippen LogP contribution in [0.4, 0.5) is 5.95 Å². The van der Waals surface area contributed by atoms with Crippen LogP contribution >= 0.6 is 0 Å². The summed E-state index contributed by atoms with van der Waals surface area (Å²) in [7, 11) is 0. The molecule has 1 fully saturated rings. The van der Waals surface area contributed by atoms with Gasteiger partial charge in [0.1, 0.15) is 0 Å². The molecule has 0 amide bonds. The van der Waals surface area contributed by atoms with Crippen LogP contribution in [0.25, 0.3) is 0 Å². The zero-order valence-electron chi connectivity index (χ0n) is 9.81. The van der Waals surface area contributed by atoms with E-state index in [2.05, 4.69) is 21.8 Å². The predicted octanol–water partition coefficient (Wildman–Crippen LogP) is 0.469. The average molecular weight is 222 g/mol. The van der Waals surface area contributed by atoms with Crippen molar-refractivity contribution in [1.29, 1.82) is 0 Å². The second-order valence-corrected chi connectivity index (χ2v) is 4.12. The zero-order valence-corrected chi connectivity index (χ0v) is 9.81. The van der Waals surface area contributed by atoms with Gasteiger partial charge in [-0.1, -0.05) is 0 Å². The van der Waals surface area contributed by atoms with E-state index in [1.807, 2.05) is 13.0 Å². The van der Waals surface area contributed by atoms with Gasteiger partial charge in [0.15, 0.2) is 0 Å². The van der Waals surface area contributed by atoms with Crippen molar-refractivity contribution in [2.45, 2.75) is 26.4 Å². The number of aromatic nitrogens is 2. The molecule has 1 unspecified atom stereocenters. The Morgan fingerprint density at radius 1 is 1.56 bits per heavy atom. The largest absolute Gasteiger partial charge is 0.377 e. The Kier molecular flexibility index (Phi) is 3.36. The van der Waals surface area contributed by atoms with E-state index in [1.54, 1.807) is 0 Å². The molecule has 1 aromatic heterocycles. The SMILES string of the molecule is Cc1cc(CN)nc(N2CCOCC2C)n1. The highest BCUT2D eigenvalue weighted by Gasteiger charge is 2.21. The van der Waals surface area contributed by atoms with E-state index in [1.165, 1.54) is 0 Å². The number of hydrogen-bond acceptors (Lipinski definition) is 5. The number of morpholine rings is 1. The number of anilines is 1. The van der Waals surface area contributed by atoms with Crippen LogP contribution in [0.5, 0.6) is 0 Å². The lowest BCUT2D eigenvalue weighted by atomic mass is 10.2. The molecule has 2 N–H and O–H groups in total. The molecule has 2 heterocycles. The third kappa shape index (κ3) is 2.31. The van der Waals surface area contributed by atoms with Crippen LogP contribution in [0.2, 0.25) is 0 Å². The molecule has 0 aromatic carbocycles. The second-order valence-electron chi connectivity index (χ2n) is 4.12. The van der Waals surface area contributed by atoms with Crippen LogP contribution < -0.4 is 10.6 Å². The minimum atomic E-state index is 0.321. The minimum Gasteiger partial charge on any atom is -0.377 e. The summed E-state index contributed by atoms with van der Waals surface area (Å²) in [5, 5.41) is 0. The summed E-state index contributed by atoms with van der Waals surface area (Å²) < 4.78 is 5.40. The zero-order chi connectivity index (χ0) is 11.5. The van der Waals surface area contributed by atoms with E-state index in [0.29, 0.717) is 12.6 Å². The highest BCUT2D eigenvalue weighted by Crippen LogP contribution is 2.16. The minimum absolute atomic E-state index is 0.321. The summed E-state index contributed by atoms with van der Waals surface area (Å²) in [5.74, 6) is 0.774. The molecule has 0 spiro atoms. The number of ether oxygens (including phenoxy) is 1. The van der Waals surface area contributed by atoms with Gasteiger partial charge in [-0.3, -0.25) is 0 Å². The van der Waals surface area contributed by atoms with Crippen molar-refractivity contribution in [2.75, 3.05) is 24.7 Å².